The Labute approximate surface area is 137 Å². The Morgan fingerprint density at radius 1 is 1.48 bits per heavy atom. The number of benzene rings is 1. The number of rotatable bonds is 7. The topological polar surface area (TPSA) is 71.3 Å². The Hall–Kier alpha value is -2.06. The van der Waals surface area contributed by atoms with Gasteiger partial charge in [-0.2, -0.15) is 5.26 Å². The van der Waals surface area contributed by atoms with E-state index < -0.39 is 5.60 Å². The fourth-order valence-corrected chi connectivity index (χ4v) is 2.41. The lowest BCUT2D eigenvalue weighted by Crippen LogP contribution is -2.44. The molecule has 0 heterocycles. The lowest BCUT2D eigenvalue weighted by atomic mass is 9.99. The van der Waals surface area contributed by atoms with Gasteiger partial charge in [0.2, 0.25) is 0 Å². The van der Waals surface area contributed by atoms with Gasteiger partial charge in [0.15, 0.2) is 0 Å². The minimum absolute atomic E-state index is 0.178. The third-order valence-corrected chi connectivity index (χ3v) is 4.16. The molecule has 5 nitrogen and oxygen atoms in total. The predicted molar refractivity (Wildman–Crippen MR) is 88.3 cm³/mol. The van der Waals surface area contributed by atoms with Crippen LogP contribution in [-0.4, -0.2) is 25.2 Å². The van der Waals surface area contributed by atoms with Crippen LogP contribution in [0.2, 0.25) is 0 Å². The highest BCUT2D eigenvalue weighted by Gasteiger charge is 2.47. The Morgan fingerprint density at radius 2 is 2.17 bits per heavy atom. The van der Waals surface area contributed by atoms with Gasteiger partial charge in [0.25, 0.3) is 5.91 Å². The van der Waals surface area contributed by atoms with Crippen molar-refractivity contribution in [1.82, 2.24) is 0 Å². The van der Waals surface area contributed by atoms with Crippen LogP contribution in [0.5, 0.6) is 5.75 Å². The van der Waals surface area contributed by atoms with Crippen LogP contribution in [0.15, 0.2) is 18.2 Å². The fourth-order valence-electron chi connectivity index (χ4n) is 2.41. The first kappa shape index (κ1) is 17.3. The molecule has 0 radical (unpaired) electrons. The van der Waals surface area contributed by atoms with Gasteiger partial charge in [-0.1, -0.05) is 13.8 Å². The Balaban J connectivity index is 2.11. The number of hydrogen-bond donors (Lipinski definition) is 1. The monoisotopic (exact) mass is 316 g/mol. The van der Waals surface area contributed by atoms with Gasteiger partial charge in [0.05, 0.1) is 12.2 Å². The van der Waals surface area contributed by atoms with Crippen LogP contribution >= 0.6 is 0 Å². The molecule has 0 aromatic heterocycles. The Morgan fingerprint density at radius 3 is 2.70 bits per heavy atom. The minimum atomic E-state index is -0.820. The summed E-state index contributed by atoms with van der Waals surface area (Å²) in [6.07, 6.45) is 2.01. The zero-order valence-electron chi connectivity index (χ0n) is 14.2. The molecule has 1 N–H and O–H groups in total. The second-order valence-electron chi connectivity index (χ2n) is 6.57. The number of nitrogens with one attached hydrogen (secondary N) is 1. The van der Waals surface area contributed by atoms with Crippen molar-refractivity contribution in [3.05, 3.63) is 23.8 Å². The maximum Gasteiger partial charge on any atom is 0.256 e. The summed E-state index contributed by atoms with van der Waals surface area (Å²) in [5.74, 6) is 0.997. The highest BCUT2D eigenvalue weighted by atomic mass is 16.5. The van der Waals surface area contributed by atoms with Crippen molar-refractivity contribution in [2.24, 2.45) is 11.8 Å². The summed E-state index contributed by atoms with van der Waals surface area (Å²) in [6, 6.07) is 7.22. The van der Waals surface area contributed by atoms with Crippen molar-refractivity contribution >= 4 is 11.6 Å². The molecule has 1 aliphatic carbocycles. The van der Waals surface area contributed by atoms with Gasteiger partial charge in [-0.15, -0.1) is 0 Å². The van der Waals surface area contributed by atoms with E-state index in [1.54, 1.807) is 25.3 Å². The number of carbonyl (C=O) groups is 1. The molecule has 1 aliphatic rings. The first-order chi connectivity index (χ1) is 10.9. The van der Waals surface area contributed by atoms with Crippen LogP contribution in [-0.2, 0) is 9.53 Å². The number of nitrogens with zero attached hydrogens (tertiary/aromatic N) is 1. The molecule has 0 bridgehead atoms. The van der Waals surface area contributed by atoms with E-state index in [4.69, 9.17) is 9.47 Å². The van der Waals surface area contributed by atoms with Crippen LogP contribution in [0.1, 0.15) is 39.2 Å². The Kier molecular flexibility index (Phi) is 5.27. The first-order valence-corrected chi connectivity index (χ1v) is 7.94. The van der Waals surface area contributed by atoms with E-state index in [1.807, 2.05) is 20.8 Å². The van der Waals surface area contributed by atoms with Crippen LogP contribution < -0.4 is 10.1 Å². The van der Waals surface area contributed by atoms with Gasteiger partial charge in [-0.3, -0.25) is 4.79 Å². The van der Waals surface area contributed by atoms with E-state index in [9.17, 15) is 10.1 Å². The minimum Gasteiger partial charge on any atom is -0.492 e. The number of methoxy groups -OCH3 is 1. The van der Waals surface area contributed by atoms with Gasteiger partial charge in [-0.25, -0.2) is 0 Å². The lowest BCUT2D eigenvalue weighted by molar-refractivity contribution is -0.138. The maximum atomic E-state index is 12.5. The fraction of sp³-hybridized carbons (Fsp3) is 0.556. The highest BCUT2D eigenvalue weighted by Crippen LogP contribution is 2.42. The average Bonchev–Trinajstić information content (AvgIpc) is 3.37. The number of hydrogen-bond acceptors (Lipinski definition) is 4. The SMILES string of the molecule is COC(C)(C(=O)Nc1ccc(OCC(C)C)c(C#N)c1)C1CC1. The van der Waals surface area contributed by atoms with E-state index in [1.165, 1.54) is 0 Å². The van der Waals surface area contributed by atoms with Crippen LogP contribution in [0.25, 0.3) is 0 Å². The summed E-state index contributed by atoms with van der Waals surface area (Å²) < 4.78 is 11.1. The van der Waals surface area contributed by atoms with Gasteiger partial charge >= 0.3 is 0 Å². The summed E-state index contributed by atoms with van der Waals surface area (Å²) in [6.45, 7) is 6.45. The predicted octanol–water partition coefficient (Wildman–Crippen LogP) is 3.35. The number of nitriles is 1. The smallest absolute Gasteiger partial charge is 0.256 e. The second-order valence-corrected chi connectivity index (χ2v) is 6.57. The van der Waals surface area contributed by atoms with E-state index in [0.717, 1.165) is 12.8 Å². The van der Waals surface area contributed by atoms with Crippen molar-refractivity contribution in [1.29, 1.82) is 5.26 Å². The summed E-state index contributed by atoms with van der Waals surface area (Å²) in [7, 11) is 1.56. The molecule has 0 spiro atoms. The third kappa shape index (κ3) is 4.02. The van der Waals surface area contributed by atoms with Crippen molar-refractivity contribution in [2.45, 2.75) is 39.2 Å². The molecule has 1 unspecified atom stereocenters. The maximum absolute atomic E-state index is 12.5. The summed E-state index contributed by atoms with van der Waals surface area (Å²) in [4.78, 5) is 12.5. The van der Waals surface area contributed by atoms with Crippen LogP contribution in [0.4, 0.5) is 5.69 Å². The number of anilines is 1. The van der Waals surface area contributed by atoms with Crippen molar-refractivity contribution < 1.29 is 14.3 Å². The van der Waals surface area contributed by atoms with Crippen LogP contribution in [0, 0.1) is 23.2 Å². The molecular formula is C18H24N2O3. The standard InChI is InChI=1S/C18H24N2O3/c1-12(2)11-23-16-8-7-15(9-13(16)10-19)20-17(21)18(3,22-4)14-5-6-14/h7-9,12,14H,5-6,11H2,1-4H3,(H,20,21). The largest absolute Gasteiger partial charge is 0.492 e. The van der Waals surface area contributed by atoms with E-state index in [0.29, 0.717) is 29.5 Å². The van der Waals surface area contributed by atoms with Crippen LogP contribution in [0.3, 0.4) is 0 Å². The number of amides is 1. The van der Waals surface area contributed by atoms with Gasteiger partial charge in [0.1, 0.15) is 17.4 Å². The zero-order chi connectivity index (χ0) is 17.0. The molecule has 1 fully saturated rings. The van der Waals surface area contributed by atoms with Crippen molar-refractivity contribution in [3.8, 4) is 11.8 Å². The molecule has 2 rings (SSSR count). The third-order valence-electron chi connectivity index (χ3n) is 4.16. The second kappa shape index (κ2) is 7.01. The van der Waals surface area contributed by atoms with E-state index >= 15 is 0 Å². The van der Waals surface area contributed by atoms with Gasteiger partial charge in [-0.05, 0) is 49.8 Å². The number of carbonyl (C=O) groups excluding carboxylic acids is 1. The van der Waals surface area contributed by atoms with E-state index in [-0.39, 0.29) is 11.8 Å². The first-order valence-electron chi connectivity index (χ1n) is 7.94. The molecule has 5 heteroatoms. The molecule has 1 aromatic rings. The quantitative estimate of drug-likeness (QED) is 0.837. The zero-order valence-corrected chi connectivity index (χ0v) is 14.2. The summed E-state index contributed by atoms with van der Waals surface area (Å²) in [5, 5.41) is 12.1. The van der Waals surface area contributed by atoms with Crippen molar-refractivity contribution in [2.75, 3.05) is 19.0 Å². The molecule has 1 aromatic carbocycles. The lowest BCUT2D eigenvalue weighted by Gasteiger charge is -2.26. The summed E-state index contributed by atoms with van der Waals surface area (Å²) in [5.41, 5.74) is 0.168. The Bertz CT molecular complexity index is 617. The molecule has 1 amide bonds. The van der Waals surface area contributed by atoms with E-state index in [2.05, 4.69) is 11.4 Å². The molecule has 0 aliphatic heterocycles. The van der Waals surface area contributed by atoms with Gasteiger partial charge < -0.3 is 14.8 Å². The highest BCUT2D eigenvalue weighted by molar-refractivity contribution is 5.97. The average molecular weight is 316 g/mol. The molecule has 124 valence electrons. The number of ether oxygens (including phenoxy) is 2. The summed E-state index contributed by atoms with van der Waals surface area (Å²) >= 11 is 0. The normalized spacial score (nSPS) is 16.5. The molecule has 1 atom stereocenters. The molecular weight excluding hydrogens is 292 g/mol. The van der Waals surface area contributed by atoms with Gasteiger partial charge in [0, 0.05) is 12.8 Å². The molecule has 0 saturated heterocycles. The van der Waals surface area contributed by atoms with Crippen molar-refractivity contribution in [3.63, 3.8) is 0 Å². The molecule has 23 heavy (non-hydrogen) atoms. The molecule has 1 saturated carbocycles.